The van der Waals surface area contributed by atoms with Crippen molar-refractivity contribution in [3.8, 4) is 0 Å². The summed E-state index contributed by atoms with van der Waals surface area (Å²) in [6.45, 7) is 1.24. The highest BCUT2D eigenvalue weighted by Gasteiger charge is 2.04. The largest absolute Gasteiger partial charge is 0.383 e. The molecule has 1 aromatic heterocycles. The number of nitrogens with zero attached hydrogens (tertiary/aromatic N) is 1. The van der Waals surface area contributed by atoms with Gasteiger partial charge >= 0.3 is 0 Å². The maximum absolute atomic E-state index is 11.5. The van der Waals surface area contributed by atoms with Gasteiger partial charge in [-0.3, -0.25) is 4.79 Å². The molecule has 0 fully saturated rings. The van der Waals surface area contributed by atoms with Crippen LogP contribution in [0.2, 0.25) is 0 Å². The highest BCUT2D eigenvalue weighted by Crippen LogP contribution is 2.16. The minimum absolute atomic E-state index is 0.173. The number of aromatic nitrogens is 2. The van der Waals surface area contributed by atoms with E-state index >= 15 is 0 Å². The van der Waals surface area contributed by atoms with Crippen molar-refractivity contribution in [1.82, 2.24) is 10.2 Å². The zero-order chi connectivity index (χ0) is 11.4. The fourth-order valence-corrected chi connectivity index (χ4v) is 1.52. The lowest BCUT2D eigenvalue weighted by molar-refractivity contribution is 0.210. The Morgan fingerprint density at radius 2 is 2.12 bits per heavy atom. The summed E-state index contributed by atoms with van der Waals surface area (Å²) in [6.07, 6.45) is 0. The number of hydrogen-bond acceptors (Lipinski definition) is 4. The van der Waals surface area contributed by atoms with E-state index in [0.29, 0.717) is 24.4 Å². The Morgan fingerprint density at radius 1 is 1.38 bits per heavy atom. The fraction of sp³-hybridized carbons (Fsp3) is 0.273. The van der Waals surface area contributed by atoms with Crippen LogP contribution < -0.4 is 10.9 Å². The summed E-state index contributed by atoms with van der Waals surface area (Å²) < 4.78 is 4.94. The summed E-state index contributed by atoms with van der Waals surface area (Å²) in [5.41, 5.74) is -0.173. The maximum Gasteiger partial charge on any atom is 0.272 e. The molecule has 0 aliphatic carbocycles. The summed E-state index contributed by atoms with van der Waals surface area (Å²) in [4.78, 5) is 11.5. The van der Waals surface area contributed by atoms with E-state index in [1.807, 2.05) is 18.2 Å². The topological polar surface area (TPSA) is 67.0 Å². The number of aromatic amines is 1. The van der Waals surface area contributed by atoms with Crippen LogP contribution in [0, 0.1) is 0 Å². The number of hydrogen-bond donors (Lipinski definition) is 2. The molecule has 0 radical (unpaired) electrons. The van der Waals surface area contributed by atoms with Crippen LogP contribution in [-0.4, -0.2) is 30.5 Å². The highest BCUT2D eigenvalue weighted by molar-refractivity contribution is 5.90. The molecule has 0 saturated heterocycles. The maximum atomic E-state index is 11.5. The lowest BCUT2D eigenvalue weighted by Crippen LogP contribution is -2.14. The zero-order valence-corrected chi connectivity index (χ0v) is 8.99. The summed E-state index contributed by atoms with van der Waals surface area (Å²) in [5.74, 6) is 0.673. The van der Waals surface area contributed by atoms with Crippen LogP contribution in [0.1, 0.15) is 0 Å². The SMILES string of the molecule is COCCNc1n[nH]c(=O)c2ccccc12. The average molecular weight is 219 g/mol. The van der Waals surface area contributed by atoms with Crippen molar-refractivity contribution in [2.24, 2.45) is 0 Å². The second-order valence-electron chi connectivity index (χ2n) is 3.37. The number of nitrogens with one attached hydrogen (secondary N) is 2. The van der Waals surface area contributed by atoms with Crippen LogP contribution in [0.4, 0.5) is 5.82 Å². The lowest BCUT2D eigenvalue weighted by Gasteiger charge is -2.06. The van der Waals surface area contributed by atoms with E-state index in [1.165, 1.54) is 0 Å². The molecule has 84 valence electrons. The van der Waals surface area contributed by atoms with Crippen molar-refractivity contribution in [2.45, 2.75) is 0 Å². The Morgan fingerprint density at radius 3 is 2.88 bits per heavy atom. The van der Waals surface area contributed by atoms with E-state index in [-0.39, 0.29) is 5.56 Å². The van der Waals surface area contributed by atoms with E-state index in [4.69, 9.17) is 4.74 Å². The Kier molecular flexibility index (Phi) is 3.16. The van der Waals surface area contributed by atoms with Crippen molar-refractivity contribution >= 4 is 16.6 Å². The highest BCUT2D eigenvalue weighted by atomic mass is 16.5. The minimum atomic E-state index is -0.173. The number of fused-ring (bicyclic) bond motifs is 1. The normalized spacial score (nSPS) is 10.6. The van der Waals surface area contributed by atoms with Crippen LogP contribution in [0.5, 0.6) is 0 Å². The van der Waals surface area contributed by atoms with E-state index in [2.05, 4.69) is 15.5 Å². The van der Waals surface area contributed by atoms with Crippen LogP contribution in [0.15, 0.2) is 29.1 Å². The molecule has 1 aromatic carbocycles. The predicted molar refractivity (Wildman–Crippen MR) is 62.7 cm³/mol. The van der Waals surface area contributed by atoms with Crippen molar-refractivity contribution in [2.75, 3.05) is 25.6 Å². The smallest absolute Gasteiger partial charge is 0.272 e. The third-order valence-electron chi connectivity index (χ3n) is 2.29. The first-order valence-electron chi connectivity index (χ1n) is 5.03. The molecule has 5 nitrogen and oxygen atoms in total. The molecule has 0 aliphatic heterocycles. The molecule has 0 spiro atoms. The quantitative estimate of drug-likeness (QED) is 0.752. The van der Waals surface area contributed by atoms with Gasteiger partial charge in [0.25, 0.3) is 5.56 Å². The number of benzene rings is 1. The first-order valence-corrected chi connectivity index (χ1v) is 5.03. The summed E-state index contributed by atoms with van der Waals surface area (Å²) >= 11 is 0. The standard InChI is InChI=1S/C11H13N3O2/c1-16-7-6-12-10-8-4-2-3-5-9(8)11(15)14-13-10/h2-5H,6-7H2,1H3,(H,12,13)(H,14,15). The third-order valence-corrected chi connectivity index (χ3v) is 2.29. The van der Waals surface area contributed by atoms with Crippen molar-refractivity contribution in [3.05, 3.63) is 34.6 Å². The van der Waals surface area contributed by atoms with E-state index in [1.54, 1.807) is 13.2 Å². The second-order valence-corrected chi connectivity index (χ2v) is 3.37. The molecule has 5 heteroatoms. The summed E-state index contributed by atoms with van der Waals surface area (Å²) in [7, 11) is 1.64. The summed E-state index contributed by atoms with van der Waals surface area (Å²) in [6, 6.07) is 7.35. The summed E-state index contributed by atoms with van der Waals surface area (Å²) in [5, 5.41) is 11.0. The first kappa shape index (κ1) is 10.6. The van der Waals surface area contributed by atoms with Gasteiger partial charge in [0.05, 0.1) is 12.0 Å². The first-order chi connectivity index (χ1) is 7.83. The van der Waals surface area contributed by atoms with Crippen LogP contribution >= 0.6 is 0 Å². The molecule has 0 amide bonds. The molecule has 2 N–H and O–H groups in total. The molecule has 2 rings (SSSR count). The number of methoxy groups -OCH3 is 1. The van der Waals surface area contributed by atoms with E-state index < -0.39 is 0 Å². The van der Waals surface area contributed by atoms with E-state index in [9.17, 15) is 4.79 Å². The van der Waals surface area contributed by atoms with Gasteiger partial charge in [-0.15, -0.1) is 0 Å². The number of rotatable bonds is 4. The van der Waals surface area contributed by atoms with Gasteiger partial charge in [0.15, 0.2) is 5.82 Å². The van der Waals surface area contributed by atoms with Gasteiger partial charge in [0.2, 0.25) is 0 Å². The van der Waals surface area contributed by atoms with Gasteiger partial charge in [0, 0.05) is 19.0 Å². The molecule has 1 heterocycles. The van der Waals surface area contributed by atoms with Gasteiger partial charge in [-0.05, 0) is 6.07 Å². The number of anilines is 1. The molecular weight excluding hydrogens is 206 g/mol. The molecule has 0 saturated carbocycles. The fourth-order valence-electron chi connectivity index (χ4n) is 1.52. The Hall–Kier alpha value is -1.88. The van der Waals surface area contributed by atoms with Gasteiger partial charge in [0.1, 0.15) is 0 Å². The Balaban J connectivity index is 2.38. The second kappa shape index (κ2) is 4.76. The number of ether oxygens (including phenoxy) is 1. The molecule has 16 heavy (non-hydrogen) atoms. The Bertz CT molecular complexity index is 536. The van der Waals surface area contributed by atoms with Gasteiger partial charge in [-0.1, -0.05) is 18.2 Å². The average Bonchev–Trinajstić information content (AvgIpc) is 2.33. The third kappa shape index (κ3) is 2.04. The van der Waals surface area contributed by atoms with Crippen molar-refractivity contribution in [1.29, 1.82) is 0 Å². The Labute approximate surface area is 92.4 Å². The zero-order valence-electron chi connectivity index (χ0n) is 8.99. The van der Waals surface area contributed by atoms with Gasteiger partial charge in [-0.2, -0.15) is 5.10 Å². The van der Waals surface area contributed by atoms with Crippen LogP contribution in [0.3, 0.4) is 0 Å². The molecular formula is C11H13N3O2. The van der Waals surface area contributed by atoms with E-state index in [0.717, 1.165) is 5.39 Å². The number of H-pyrrole nitrogens is 1. The molecule has 0 bridgehead atoms. The molecule has 2 aromatic rings. The monoisotopic (exact) mass is 219 g/mol. The van der Waals surface area contributed by atoms with Crippen LogP contribution in [0.25, 0.3) is 10.8 Å². The molecule has 0 aliphatic rings. The lowest BCUT2D eigenvalue weighted by atomic mass is 10.2. The predicted octanol–water partition coefficient (Wildman–Crippen LogP) is 0.981. The minimum Gasteiger partial charge on any atom is -0.383 e. The molecule has 0 atom stereocenters. The van der Waals surface area contributed by atoms with Crippen molar-refractivity contribution in [3.63, 3.8) is 0 Å². The van der Waals surface area contributed by atoms with Gasteiger partial charge in [-0.25, -0.2) is 5.10 Å². The van der Waals surface area contributed by atoms with Crippen molar-refractivity contribution < 1.29 is 4.74 Å². The molecule has 0 unspecified atom stereocenters. The van der Waals surface area contributed by atoms with Gasteiger partial charge < -0.3 is 10.1 Å². The van der Waals surface area contributed by atoms with Crippen LogP contribution in [-0.2, 0) is 4.74 Å².